The molecule has 0 saturated heterocycles. The molecule has 2 aromatic heterocycles. The van der Waals surface area contributed by atoms with E-state index in [2.05, 4.69) is 20.4 Å². The van der Waals surface area contributed by atoms with Crippen LogP contribution in [0.3, 0.4) is 0 Å². The number of amides is 1. The molecular weight excluding hydrogens is 284 g/mol. The zero-order chi connectivity index (χ0) is 15.4. The topological polar surface area (TPSA) is 92.7 Å². The van der Waals surface area contributed by atoms with E-state index in [0.717, 1.165) is 6.20 Å². The summed E-state index contributed by atoms with van der Waals surface area (Å²) in [6, 6.07) is 2.56. The van der Waals surface area contributed by atoms with Crippen LogP contribution in [0.5, 0.6) is 0 Å². The number of carbonyl (C=O) groups is 1. The van der Waals surface area contributed by atoms with Crippen LogP contribution >= 0.6 is 0 Å². The van der Waals surface area contributed by atoms with E-state index in [9.17, 15) is 18.4 Å². The molecule has 0 aromatic carbocycles. The van der Waals surface area contributed by atoms with Gasteiger partial charge in [0.05, 0.1) is 0 Å². The van der Waals surface area contributed by atoms with Gasteiger partial charge in [-0.25, -0.2) is 9.67 Å². The minimum atomic E-state index is -2.78. The third kappa shape index (κ3) is 3.94. The van der Waals surface area contributed by atoms with Gasteiger partial charge in [0.1, 0.15) is 11.5 Å². The summed E-state index contributed by atoms with van der Waals surface area (Å²) >= 11 is 0. The van der Waals surface area contributed by atoms with Gasteiger partial charge in [-0.05, 0) is 13.0 Å². The minimum Gasteiger partial charge on any atom is -0.350 e. The molecule has 2 aromatic rings. The molecule has 0 unspecified atom stereocenters. The second-order valence-corrected chi connectivity index (χ2v) is 4.30. The van der Waals surface area contributed by atoms with Crippen LogP contribution in [0, 0.1) is 6.92 Å². The fourth-order valence-corrected chi connectivity index (χ4v) is 1.71. The zero-order valence-corrected chi connectivity index (χ0v) is 11.1. The number of aromatic amines is 1. The van der Waals surface area contributed by atoms with Gasteiger partial charge in [-0.2, -0.15) is 13.9 Å². The maximum atomic E-state index is 12.3. The molecule has 0 aliphatic rings. The number of alkyl halides is 2. The van der Waals surface area contributed by atoms with Crippen LogP contribution in [0.15, 0.2) is 23.1 Å². The molecule has 2 rings (SSSR count). The molecule has 1 amide bonds. The predicted molar refractivity (Wildman–Crippen MR) is 69.1 cm³/mol. The number of nitrogens with one attached hydrogen (secondary N) is 2. The highest BCUT2D eigenvalue weighted by molar-refractivity contribution is 5.92. The SMILES string of the molecule is Cc1cc(=O)[nH]c(CCNC(=O)c2ccn(C(F)F)n2)n1. The normalized spacial score (nSPS) is 10.9. The Bertz CT molecular complexity index is 695. The van der Waals surface area contributed by atoms with Gasteiger partial charge in [0.15, 0.2) is 0 Å². The van der Waals surface area contributed by atoms with Crippen molar-refractivity contribution in [2.24, 2.45) is 0 Å². The molecule has 0 saturated carbocycles. The van der Waals surface area contributed by atoms with Gasteiger partial charge in [-0.1, -0.05) is 0 Å². The molecule has 0 aliphatic carbocycles. The molecular formula is C12H13F2N5O2. The van der Waals surface area contributed by atoms with Crippen molar-refractivity contribution in [2.75, 3.05) is 6.54 Å². The third-order valence-corrected chi connectivity index (χ3v) is 2.61. The number of aromatic nitrogens is 4. The van der Waals surface area contributed by atoms with Crippen LogP contribution in [0.25, 0.3) is 0 Å². The average molecular weight is 297 g/mol. The molecule has 0 bridgehead atoms. The van der Waals surface area contributed by atoms with Crippen LogP contribution in [0.2, 0.25) is 0 Å². The van der Waals surface area contributed by atoms with E-state index in [1.165, 1.54) is 12.1 Å². The van der Waals surface area contributed by atoms with Crippen molar-refractivity contribution in [3.8, 4) is 0 Å². The fraction of sp³-hybridized carbons (Fsp3) is 0.333. The Balaban J connectivity index is 1.90. The van der Waals surface area contributed by atoms with E-state index in [4.69, 9.17) is 0 Å². The Hall–Kier alpha value is -2.58. The molecule has 2 heterocycles. The summed E-state index contributed by atoms with van der Waals surface area (Å²) in [6.07, 6.45) is 1.34. The number of nitrogens with zero attached hydrogens (tertiary/aromatic N) is 3. The van der Waals surface area contributed by atoms with E-state index in [1.807, 2.05) is 0 Å². The molecule has 21 heavy (non-hydrogen) atoms. The fourth-order valence-electron chi connectivity index (χ4n) is 1.71. The maximum Gasteiger partial charge on any atom is 0.333 e. The first-order valence-electron chi connectivity index (χ1n) is 6.14. The summed E-state index contributed by atoms with van der Waals surface area (Å²) < 4.78 is 25.0. The van der Waals surface area contributed by atoms with Crippen LogP contribution in [0.4, 0.5) is 8.78 Å². The number of carbonyl (C=O) groups excluding carboxylic acids is 1. The van der Waals surface area contributed by atoms with Crippen molar-refractivity contribution in [3.63, 3.8) is 0 Å². The summed E-state index contributed by atoms with van der Waals surface area (Å²) in [5.74, 6) is -0.122. The third-order valence-electron chi connectivity index (χ3n) is 2.61. The largest absolute Gasteiger partial charge is 0.350 e. The summed E-state index contributed by atoms with van der Waals surface area (Å²) in [6.45, 7) is -0.894. The van der Waals surface area contributed by atoms with Gasteiger partial charge in [0.25, 0.3) is 11.5 Å². The minimum absolute atomic E-state index is 0.0963. The monoisotopic (exact) mass is 297 g/mol. The smallest absolute Gasteiger partial charge is 0.333 e. The Morgan fingerprint density at radius 2 is 2.29 bits per heavy atom. The highest BCUT2D eigenvalue weighted by Crippen LogP contribution is 2.08. The first kappa shape index (κ1) is 14.8. The van der Waals surface area contributed by atoms with Gasteiger partial charge >= 0.3 is 6.55 Å². The molecule has 0 aliphatic heterocycles. The van der Waals surface area contributed by atoms with E-state index in [0.29, 0.717) is 22.6 Å². The van der Waals surface area contributed by atoms with Gasteiger partial charge in [0.2, 0.25) is 0 Å². The molecule has 0 radical (unpaired) electrons. The van der Waals surface area contributed by atoms with E-state index >= 15 is 0 Å². The van der Waals surface area contributed by atoms with Gasteiger partial charge < -0.3 is 10.3 Å². The second-order valence-electron chi connectivity index (χ2n) is 4.30. The molecule has 7 nitrogen and oxygen atoms in total. The lowest BCUT2D eigenvalue weighted by Gasteiger charge is -2.03. The Labute approximate surface area is 118 Å². The zero-order valence-electron chi connectivity index (χ0n) is 11.1. The molecule has 0 fully saturated rings. The van der Waals surface area contributed by atoms with E-state index < -0.39 is 12.5 Å². The molecule has 2 N–H and O–H groups in total. The average Bonchev–Trinajstić information content (AvgIpc) is 2.87. The summed E-state index contributed by atoms with van der Waals surface area (Å²) in [5.41, 5.74) is 0.219. The first-order valence-corrected chi connectivity index (χ1v) is 6.14. The number of hydrogen-bond donors (Lipinski definition) is 2. The van der Waals surface area contributed by atoms with Gasteiger partial charge in [0, 0.05) is 30.9 Å². The summed E-state index contributed by atoms with van der Waals surface area (Å²) in [4.78, 5) is 29.6. The summed E-state index contributed by atoms with van der Waals surface area (Å²) in [5, 5.41) is 5.96. The Morgan fingerprint density at radius 1 is 1.52 bits per heavy atom. The van der Waals surface area contributed by atoms with Crippen LogP contribution in [-0.4, -0.2) is 32.2 Å². The van der Waals surface area contributed by atoms with Crippen LogP contribution in [-0.2, 0) is 6.42 Å². The van der Waals surface area contributed by atoms with Crippen molar-refractivity contribution in [3.05, 3.63) is 45.9 Å². The van der Waals surface area contributed by atoms with Gasteiger partial charge in [-0.15, -0.1) is 0 Å². The van der Waals surface area contributed by atoms with Crippen molar-refractivity contribution in [1.82, 2.24) is 25.1 Å². The molecule has 0 atom stereocenters. The standard InChI is InChI=1S/C12H13F2N5O2/c1-7-6-10(20)17-9(16-7)2-4-15-11(21)8-3-5-19(18-8)12(13)14/h3,5-6,12H,2,4H2,1H3,(H,15,21)(H,16,17,20). The Kier molecular flexibility index (Phi) is 4.41. The lowest BCUT2D eigenvalue weighted by atomic mass is 10.3. The molecule has 9 heteroatoms. The highest BCUT2D eigenvalue weighted by Gasteiger charge is 2.12. The number of H-pyrrole nitrogens is 1. The first-order chi connectivity index (χ1) is 9.95. The van der Waals surface area contributed by atoms with Crippen LogP contribution in [0.1, 0.15) is 28.6 Å². The van der Waals surface area contributed by atoms with Crippen LogP contribution < -0.4 is 10.9 Å². The van der Waals surface area contributed by atoms with E-state index in [1.54, 1.807) is 6.92 Å². The number of rotatable bonds is 5. The number of aryl methyl sites for hydroxylation is 1. The Morgan fingerprint density at radius 3 is 2.90 bits per heavy atom. The lowest BCUT2D eigenvalue weighted by molar-refractivity contribution is 0.0560. The quantitative estimate of drug-likeness (QED) is 0.847. The number of hydrogen-bond acceptors (Lipinski definition) is 4. The summed E-state index contributed by atoms with van der Waals surface area (Å²) in [7, 11) is 0. The van der Waals surface area contributed by atoms with Crippen molar-refractivity contribution in [2.45, 2.75) is 19.9 Å². The van der Waals surface area contributed by atoms with Gasteiger partial charge in [-0.3, -0.25) is 9.59 Å². The lowest BCUT2D eigenvalue weighted by Crippen LogP contribution is -2.27. The predicted octanol–water partition coefficient (Wildman–Crippen LogP) is 0.642. The second kappa shape index (κ2) is 6.25. The number of halogens is 2. The van der Waals surface area contributed by atoms with Crippen molar-refractivity contribution >= 4 is 5.91 Å². The maximum absolute atomic E-state index is 12.3. The molecule has 112 valence electrons. The molecule has 0 spiro atoms. The van der Waals surface area contributed by atoms with Crippen molar-refractivity contribution in [1.29, 1.82) is 0 Å². The van der Waals surface area contributed by atoms with Crippen molar-refractivity contribution < 1.29 is 13.6 Å². The highest BCUT2D eigenvalue weighted by atomic mass is 19.3. The van der Waals surface area contributed by atoms with E-state index in [-0.39, 0.29) is 17.8 Å².